The molecule has 2 saturated heterocycles. The van der Waals surface area contributed by atoms with E-state index in [9.17, 15) is 9.59 Å². The molecule has 3 rings (SSSR count). The van der Waals surface area contributed by atoms with E-state index in [1.54, 1.807) is 17.0 Å². The Hall–Kier alpha value is -1.50. The monoisotopic (exact) mass is 400 g/mol. The van der Waals surface area contributed by atoms with Gasteiger partial charge >= 0.3 is 0 Å². The highest BCUT2D eigenvalue weighted by Crippen LogP contribution is 2.35. The lowest BCUT2D eigenvalue weighted by atomic mass is 10.0. The molecule has 2 fully saturated rings. The molecule has 0 aliphatic carbocycles. The first-order chi connectivity index (χ1) is 12.5. The van der Waals surface area contributed by atoms with Crippen LogP contribution in [0.4, 0.5) is 0 Å². The van der Waals surface area contributed by atoms with Crippen molar-refractivity contribution in [1.29, 1.82) is 0 Å². The predicted octanol–water partition coefficient (Wildman–Crippen LogP) is 2.90. The number of carbonyl (C=O) groups excluding carboxylic acids is 2. The number of hydrogen-bond acceptors (Lipinski definition) is 4. The number of piperidine rings is 1. The van der Waals surface area contributed by atoms with Crippen molar-refractivity contribution >= 4 is 35.0 Å². The molecule has 2 heterocycles. The van der Waals surface area contributed by atoms with Gasteiger partial charge in [0.2, 0.25) is 5.91 Å². The van der Waals surface area contributed by atoms with E-state index < -0.39 is 0 Å². The number of nitrogens with one attached hydrogen (secondary N) is 1. The zero-order chi connectivity index (χ0) is 18.7. The average Bonchev–Trinajstić information content (AvgIpc) is 3.18. The van der Waals surface area contributed by atoms with Crippen molar-refractivity contribution < 1.29 is 19.1 Å². The minimum absolute atomic E-state index is 0.0486. The summed E-state index contributed by atoms with van der Waals surface area (Å²) in [5, 5.41) is 3.69. The molecule has 0 radical (unpaired) electrons. The Kier molecular flexibility index (Phi) is 6.27. The summed E-state index contributed by atoms with van der Waals surface area (Å²) in [5.41, 5.74) is 0.281. The average molecular weight is 401 g/mol. The summed E-state index contributed by atoms with van der Waals surface area (Å²) < 4.78 is 10.7. The Balaban J connectivity index is 1.60. The highest BCUT2D eigenvalue weighted by Gasteiger charge is 2.30. The number of hydrogen-bond donors (Lipinski definition) is 1. The standard InChI is InChI=1S/C18H22Cl2N2O4/c1-25-16-13(20)5-4-12(19)15(16)18(24)22-8-6-11(7-9-22)21-17(23)14-3-2-10-26-14/h4-5,11,14H,2-3,6-10H2,1H3,(H,21,23). The van der Waals surface area contributed by atoms with Crippen molar-refractivity contribution in [2.45, 2.75) is 37.8 Å². The molecule has 6 nitrogen and oxygen atoms in total. The minimum Gasteiger partial charge on any atom is -0.494 e. The Morgan fingerprint density at radius 3 is 2.50 bits per heavy atom. The van der Waals surface area contributed by atoms with Gasteiger partial charge in [0, 0.05) is 25.7 Å². The summed E-state index contributed by atoms with van der Waals surface area (Å²) in [7, 11) is 1.46. The largest absolute Gasteiger partial charge is 0.494 e. The third-order valence-corrected chi connectivity index (χ3v) is 5.44. The van der Waals surface area contributed by atoms with E-state index in [-0.39, 0.29) is 35.3 Å². The van der Waals surface area contributed by atoms with Gasteiger partial charge in [0.25, 0.3) is 5.91 Å². The van der Waals surface area contributed by atoms with Gasteiger partial charge in [0.05, 0.1) is 17.2 Å². The molecule has 1 atom stereocenters. The second-order valence-corrected chi connectivity index (χ2v) is 7.33. The lowest BCUT2D eigenvalue weighted by Crippen LogP contribution is -2.48. The number of benzene rings is 1. The fourth-order valence-electron chi connectivity index (χ4n) is 3.40. The molecule has 8 heteroatoms. The maximum absolute atomic E-state index is 12.9. The molecule has 0 aromatic heterocycles. The first-order valence-corrected chi connectivity index (χ1v) is 9.50. The zero-order valence-corrected chi connectivity index (χ0v) is 16.1. The highest BCUT2D eigenvalue weighted by molar-refractivity contribution is 6.37. The Morgan fingerprint density at radius 1 is 1.19 bits per heavy atom. The molecule has 142 valence electrons. The quantitative estimate of drug-likeness (QED) is 0.843. The molecule has 1 aromatic rings. The summed E-state index contributed by atoms with van der Waals surface area (Å²) >= 11 is 12.3. The Bertz CT molecular complexity index is 684. The summed E-state index contributed by atoms with van der Waals surface area (Å²) in [6.07, 6.45) is 2.74. The van der Waals surface area contributed by atoms with Crippen molar-refractivity contribution in [3.63, 3.8) is 0 Å². The normalized spacial score (nSPS) is 20.9. The van der Waals surface area contributed by atoms with Gasteiger partial charge in [-0.1, -0.05) is 23.2 Å². The molecular formula is C18H22Cl2N2O4. The van der Waals surface area contributed by atoms with E-state index in [2.05, 4.69) is 5.32 Å². The summed E-state index contributed by atoms with van der Waals surface area (Å²) in [6.45, 7) is 1.70. The van der Waals surface area contributed by atoms with E-state index >= 15 is 0 Å². The molecule has 0 bridgehead atoms. The van der Waals surface area contributed by atoms with Gasteiger partial charge in [0.15, 0.2) is 5.75 Å². The van der Waals surface area contributed by atoms with Crippen LogP contribution in [0.25, 0.3) is 0 Å². The van der Waals surface area contributed by atoms with E-state index in [1.165, 1.54) is 7.11 Å². The maximum atomic E-state index is 12.9. The maximum Gasteiger partial charge on any atom is 0.259 e. The van der Waals surface area contributed by atoms with Crippen LogP contribution in [0.3, 0.4) is 0 Å². The fraction of sp³-hybridized carbons (Fsp3) is 0.556. The van der Waals surface area contributed by atoms with Gasteiger partial charge in [-0.15, -0.1) is 0 Å². The predicted molar refractivity (Wildman–Crippen MR) is 99.1 cm³/mol. The van der Waals surface area contributed by atoms with Crippen molar-refractivity contribution in [3.8, 4) is 5.75 Å². The van der Waals surface area contributed by atoms with Crippen molar-refractivity contribution in [2.75, 3.05) is 26.8 Å². The molecule has 2 aliphatic heterocycles. The third-order valence-electron chi connectivity index (χ3n) is 4.83. The summed E-state index contributed by atoms with van der Waals surface area (Å²) in [6, 6.07) is 3.24. The molecule has 0 spiro atoms. The number of likely N-dealkylation sites (tertiary alicyclic amines) is 1. The number of carbonyl (C=O) groups is 2. The van der Waals surface area contributed by atoms with Gasteiger partial charge in [-0.25, -0.2) is 0 Å². The first-order valence-electron chi connectivity index (χ1n) is 8.74. The SMILES string of the molecule is COc1c(Cl)ccc(Cl)c1C(=O)N1CCC(NC(=O)C2CCCO2)CC1. The van der Waals surface area contributed by atoms with E-state index in [0.717, 1.165) is 12.8 Å². The minimum atomic E-state index is -0.329. The molecule has 1 unspecified atom stereocenters. The smallest absolute Gasteiger partial charge is 0.259 e. The molecule has 2 amide bonds. The van der Waals surface area contributed by atoms with Gasteiger partial charge in [0.1, 0.15) is 11.7 Å². The van der Waals surface area contributed by atoms with E-state index in [4.69, 9.17) is 32.7 Å². The van der Waals surface area contributed by atoms with Crippen molar-refractivity contribution in [1.82, 2.24) is 10.2 Å². The highest BCUT2D eigenvalue weighted by atomic mass is 35.5. The second kappa shape index (κ2) is 8.46. The van der Waals surface area contributed by atoms with Crippen molar-refractivity contribution in [3.05, 3.63) is 27.7 Å². The Morgan fingerprint density at radius 2 is 1.88 bits per heavy atom. The van der Waals surface area contributed by atoms with Gasteiger partial charge in [-0.3, -0.25) is 9.59 Å². The van der Waals surface area contributed by atoms with E-state index in [1.807, 2.05) is 0 Å². The van der Waals surface area contributed by atoms with Crippen LogP contribution in [0.2, 0.25) is 10.0 Å². The van der Waals surface area contributed by atoms with E-state index in [0.29, 0.717) is 42.6 Å². The number of halogens is 2. The van der Waals surface area contributed by atoms with Crippen LogP contribution in [0, 0.1) is 0 Å². The Labute approximate surface area is 162 Å². The fourth-order valence-corrected chi connectivity index (χ4v) is 3.86. The van der Waals surface area contributed by atoms with Gasteiger partial charge in [-0.05, 0) is 37.8 Å². The van der Waals surface area contributed by atoms with Crippen LogP contribution in [-0.2, 0) is 9.53 Å². The number of amides is 2. The first kappa shape index (κ1) is 19.3. The van der Waals surface area contributed by atoms with Crippen molar-refractivity contribution in [2.24, 2.45) is 0 Å². The summed E-state index contributed by atoms with van der Waals surface area (Å²) in [5.74, 6) is 0.0306. The summed E-state index contributed by atoms with van der Waals surface area (Å²) in [4.78, 5) is 26.8. The third kappa shape index (κ3) is 4.08. The number of ether oxygens (including phenoxy) is 2. The second-order valence-electron chi connectivity index (χ2n) is 6.51. The molecule has 2 aliphatic rings. The van der Waals surface area contributed by atoms with Crippen LogP contribution < -0.4 is 10.1 Å². The van der Waals surface area contributed by atoms with Crippen LogP contribution >= 0.6 is 23.2 Å². The molecule has 1 N–H and O–H groups in total. The van der Waals surface area contributed by atoms with Gasteiger partial charge in [-0.2, -0.15) is 0 Å². The van der Waals surface area contributed by atoms with Crippen LogP contribution in [-0.4, -0.2) is 55.7 Å². The van der Waals surface area contributed by atoms with Crippen LogP contribution in [0.5, 0.6) is 5.75 Å². The molecule has 26 heavy (non-hydrogen) atoms. The number of methoxy groups -OCH3 is 1. The lowest BCUT2D eigenvalue weighted by Gasteiger charge is -2.33. The van der Waals surface area contributed by atoms with Crippen LogP contribution in [0.15, 0.2) is 12.1 Å². The molecule has 1 aromatic carbocycles. The molecular weight excluding hydrogens is 379 g/mol. The lowest BCUT2D eigenvalue weighted by molar-refractivity contribution is -0.131. The van der Waals surface area contributed by atoms with Gasteiger partial charge < -0.3 is 19.7 Å². The zero-order valence-electron chi connectivity index (χ0n) is 14.6. The number of rotatable bonds is 4. The topological polar surface area (TPSA) is 67.9 Å². The number of nitrogens with zero attached hydrogens (tertiary/aromatic N) is 1. The van der Waals surface area contributed by atoms with Crippen LogP contribution in [0.1, 0.15) is 36.0 Å². The molecule has 0 saturated carbocycles.